The summed E-state index contributed by atoms with van der Waals surface area (Å²) < 4.78 is 11.1. The lowest BCUT2D eigenvalue weighted by atomic mass is 10.1. The Morgan fingerprint density at radius 2 is 2.07 bits per heavy atom. The van der Waals surface area contributed by atoms with Crippen molar-refractivity contribution in [3.05, 3.63) is 33.8 Å². The zero-order valence-corrected chi connectivity index (χ0v) is 9.36. The highest BCUT2D eigenvalue weighted by Crippen LogP contribution is 2.27. The first-order valence-electron chi connectivity index (χ1n) is 4.44. The third-order valence-corrected chi connectivity index (χ3v) is 2.77. The Labute approximate surface area is 94.9 Å². The zero-order chi connectivity index (χ0) is 10.8. The van der Waals surface area contributed by atoms with Crippen LogP contribution in [0.3, 0.4) is 0 Å². The molecule has 0 unspecified atom stereocenters. The number of hydrogen-bond donors (Lipinski definition) is 1. The summed E-state index contributed by atoms with van der Waals surface area (Å²) in [5.74, 6) is -0.957. The number of benzene rings is 1. The van der Waals surface area contributed by atoms with E-state index in [0.29, 0.717) is 17.7 Å². The topological polar surface area (TPSA) is 55.8 Å². The Kier molecular flexibility index (Phi) is 3.04. The molecule has 1 heterocycles. The van der Waals surface area contributed by atoms with Crippen molar-refractivity contribution in [3.8, 4) is 0 Å². The Balaban J connectivity index is 2.28. The van der Waals surface area contributed by atoms with Crippen LogP contribution in [0.15, 0.2) is 22.7 Å². The van der Waals surface area contributed by atoms with E-state index in [1.807, 2.05) is 0 Å². The molecular weight excluding hydrogens is 264 g/mol. The van der Waals surface area contributed by atoms with E-state index in [-0.39, 0.29) is 11.9 Å². The van der Waals surface area contributed by atoms with Gasteiger partial charge in [-0.1, -0.05) is 6.07 Å². The molecule has 5 heteroatoms. The number of aromatic carboxylic acids is 1. The van der Waals surface area contributed by atoms with Crippen molar-refractivity contribution in [2.75, 3.05) is 13.2 Å². The first-order chi connectivity index (χ1) is 7.18. The van der Waals surface area contributed by atoms with E-state index in [9.17, 15) is 4.79 Å². The number of hydrogen-bond acceptors (Lipinski definition) is 3. The molecular formula is C10H9BrO4. The highest BCUT2D eigenvalue weighted by Gasteiger charge is 2.19. The second-order valence-electron chi connectivity index (χ2n) is 3.12. The van der Waals surface area contributed by atoms with E-state index in [1.54, 1.807) is 12.1 Å². The molecule has 2 rings (SSSR count). The monoisotopic (exact) mass is 272 g/mol. The van der Waals surface area contributed by atoms with Gasteiger partial charge in [-0.2, -0.15) is 0 Å². The van der Waals surface area contributed by atoms with Crippen molar-refractivity contribution in [2.24, 2.45) is 0 Å². The van der Waals surface area contributed by atoms with Gasteiger partial charge in [-0.15, -0.1) is 0 Å². The van der Waals surface area contributed by atoms with Gasteiger partial charge in [0, 0.05) is 10.0 Å². The van der Waals surface area contributed by atoms with E-state index in [1.165, 1.54) is 6.07 Å². The molecule has 1 aromatic rings. The molecule has 0 saturated carbocycles. The summed E-state index contributed by atoms with van der Waals surface area (Å²) in [6.07, 6.45) is -0.371. The van der Waals surface area contributed by atoms with Crippen LogP contribution in [0.2, 0.25) is 0 Å². The van der Waals surface area contributed by atoms with Gasteiger partial charge < -0.3 is 14.6 Å². The van der Waals surface area contributed by atoms with Gasteiger partial charge in [-0.3, -0.25) is 0 Å². The van der Waals surface area contributed by atoms with Crippen molar-refractivity contribution in [3.63, 3.8) is 0 Å². The van der Waals surface area contributed by atoms with Crippen LogP contribution in [0, 0.1) is 0 Å². The molecule has 1 N–H and O–H groups in total. The number of carboxylic acid groups (broad SMARTS) is 1. The fraction of sp³-hybridized carbons (Fsp3) is 0.300. The number of carboxylic acids is 1. The van der Waals surface area contributed by atoms with Crippen LogP contribution in [0.25, 0.3) is 0 Å². The third-order valence-electron chi connectivity index (χ3n) is 2.12. The van der Waals surface area contributed by atoms with Crippen molar-refractivity contribution in [2.45, 2.75) is 6.29 Å². The molecule has 1 fully saturated rings. The second kappa shape index (κ2) is 4.30. The van der Waals surface area contributed by atoms with Gasteiger partial charge in [-0.05, 0) is 28.1 Å². The maximum Gasteiger partial charge on any atom is 0.336 e. The largest absolute Gasteiger partial charge is 0.478 e. The van der Waals surface area contributed by atoms with E-state index in [0.717, 1.165) is 5.56 Å². The number of halogens is 1. The van der Waals surface area contributed by atoms with Gasteiger partial charge in [0.1, 0.15) is 0 Å². The maximum atomic E-state index is 10.8. The van der Waals surface area contributed by atoms with Gasteiger partial charge in [0.25, 0.3) is 0 Å². The molecule has 1 saturated heterocycles. The van der Waals surface area contributed by atoms with Crippen LogP contribution in [0.4, 0.5) is 0 Å². The third kappa shape index (κ3) is 2.19. The molecule has 0 atom stereocenters. The number of ether oxygens (including phenoxy) is 2. The molecule has 1 aromatic carbocycles. The summed E-state index contributed by atoms with van der Waals surface area (Å²) in [5.41, 5.74) is 1.06. The van der Waals surface area contributed by atoms with Crippen molar-refractivity contribution in [1.82, 2.24) is 0 Å². The van der Waals surface area contributed by atoms with Crippen LogP contribution in [0.1, 0.15) is 22.2 Å². The molecule has 0 bridgehead atoms. The summed E-state index contributed by atoms with van der Waals surface area (Å²) >= 11 is 3.20. The van der Waals surface area contributed by atoms with Gasteiger partial charge in [0.15, 0.2) is 6.29 Å². The Bertz CT molecular complexity index is 385. The van der Waals surface area contributed by atoms with Crippen LogP contribution >= 0.6 is 15.9 Å². The Morgan fingerprint density at radius 3 is 2.60 bits per heavy atom. The average Bonchev–Trinajstić information content (AvgIpc) is 2.69. The first-order valence-corrected chi connectivity index (χ1v) is 5.24. The lowest BCUT2D eigenvalue weighted by Gasteiger charge is -2.10. The summed E-state index contributed by atoms with van der Waals surface area (Å²) in [5, 5.41) is 8.83. The smallest absolute Gasteiger partial charge is 0.336 e. The van der Waals surface area contributed by atoms with Crippen molar-refractivity contribution in [1.29, 1.82) is 0 Å². The molecule has 15 heavy (non-hydrogen) atoms. The average molecular weight is 273 g/mol. The lowest BCUT2D eigenvalue weighted by molar-refractivity contribution is -0.0441. The van der Waals surface area contributed by atoms with Gasteiger partial charge in [-0.25, -0.2) is 4.79 Å². The van der Waals surface area contributed by atoms with E-state index < -0.39 is 5.97 Å². The van der Waals surface area contributed by atoms with Crippen LogP contribution in [-0.2, 0) is 9.47 Å². The molecule has 0 amide bonds. The number of carbonyl (C=O) groups is 1. The van der Waals surface area contributed by atoms with E-state index in [2.05, 4.69) is 15.9 Å². The van der Waals surface area contributed by atoms with Crippen LogP contribution in [0.5, 0.6) is 0 Å². The quantitative estimate of drug-likeness (QED) is 0.897. The summed E-state index contributed by atoms with van der Waals surface area (Å²) in [7, 11) is 0. The van der Waals surface area contributed by atoms with E-state index in [4.69, 9.17) is 14.6 Å². The minimum absolute atomic E-state index is 0.233. The Morgan fingerprint density at radius 1 is 1.40 bits per heavy atom. The molecule has 4 nitrogen and oxygen atoms in total. The summed E-state index contributed by atoms with van der Waals surface area (Å²) in [6.45, 7) is 1.14. The minimum Gasteiger partial charge on any atom is -0.478 e. The summed E-state index contributed by atoms with van der Waals surface area (Å²) in [4.78, 5) is 10.8. The second-order valence-corrected chi connectivity index (χ2v) is 3.97. The van der Waals surface area contributed by atoms with Gasteiger partial charge in [0.05, 0.1) is 18.8 Å². The number of rotatable bonds is 2. The molecule has 0 aromatic heterocycles. The fourth-order valence-corrected chi connectivity index (χ4v) is 1.97. The first kappa shape index (κ1) is 10.6. The predicted octanol–water partition coefficient (Wildman–Crippen LogP) is 2.19. The minimum atomic E-state index is -0.957. The molecule has 0 spiro atoms. The normalized spacial score (nSPS) is 16.9. The molecule has 1 aliphatic heterocycles. The SMILES string of the molecule is O=C(O)c1ccc(C2OCCO2)cc1Br. The van der Waals surface area contributed by atoms with Crippen LogP contribution < -0.4 is 0 Å². The molecule has 1 aliphatic rings. The molecule has 80 valence electrons. The van der Waals surface area contributed by atoms with E-state index >= 15 is 0 Å². The highest BCUT2D eigenvalue weighted by molar-refractivity contribution is 9.10. The molecule has 0 radical (unpaired) electrons. The maximum absolute atomic E-state index is 10.8. The Hall–Kier alpha value is -0.910. The predicted molar refractivity (Wildman–Crippen MR) is 55.7 cm³/mol. The standard InChI is InChI=1S/C10H9BrO4/c11-8-5-6(10-14-3-4-15-10)1-2-7(8)9(12)13/h1-2,5,10H,3-4H2,(H,12,13). The summed E-state index contributed by atoms with van der Waals surface area (Å²) in [6, 6.07) is 4.94. The van der Waals surface area contributed by atoms with Crippen molar-refractivity contribution >= 4 is 21.9 Å². The van der Waals surface area contributed by atoms with Crippen LogP contribution in [-0.4, -0.2) is 24.3 Å². The van der Waals surface area contributed by atoms with Gasteiger partial charge in [0.2, 0.25) is 0 Å². The highest BCUT2D eigenvalue weighted by atomic mass is 79.9. The zero-order valence-electron chi connectivity index (χ0n) is 7.77. The fourth-order valence-electron chi connectivity index (χ4n) is 1.40. The molecule has 0 aliphatic carbocycles. The lowest BCUT2D eigenvalue weighted by Crippen LogP contribution is -2.02. The van der Waals surface area contributed by atoms with Gasteiger partial charge >= 0.3 is 5.97 Å². The van der Waals surface area contributed by atoms with Crippen molar-refractivity contribution < 1.29 is 19.4 Å².